The van der Waals surface area contributed by atoms with E-state index in [9.17, 15) is 19.5 Å². The number of carbonyl (C=O) groups is 3. The van der Waals surface area contributed by atoms with Crippen LogP contribution in [0.1, 0.15) is 63.1 Å². The van der Waals surface area contributed by atoms with Crippen LogP contribution in [0.15, 0.2) is 30.3 Å². The van der Waals surface area contributed by atoms with Crippen molar-refractivity contribution < 1.29 is 29.3 Å². The highest BCUT2D eigenvalue weighted by Gasteiger charge is 2.35. The molecule has 27 heavy (non-hydrogen) atoms. The highest BCUT2D eigenvalue weighted by atomic mass is 16.5. The Bertz CT molecular complexity index is 929. The average molecular weight is 368 g/mol. The second kappa shape index (κ2) is 7.61. The Morgan fingerprint density at radius 1 is 0.963 bits per heavy atom. The number of methoxy groups -OCH3 is 1. The minimum atomic E-state index is -0.830. The molecule has 1 aliphatic carbocycles. The maximum atomic E-state index is 13.0. The Hall–Kier alpha value is -3.15. The molecule has 140 valence electrons. The van der Waals surface area contributed by atoms with Crippen molar-refractivity contribution in [3.63, 3.8) is 0 Å². The summed E-state index contributed by atoms with van der Waals surface area (Å²) < 4.78 is 5.22. The summed E-state index contributed by atoms with van der Waals surface area (Å²) in [5, 5.41) is 19.3. The normalized spacial score (nSPS) is 12.5. The molecule has 0 heterocycles. The molecule has 0 radical (unpaired) electrons. The van der Waals surface area contributed by atoms with Gasteiger partial charge in [-0.05, 0) is 37.0 Å². The third-order valence-electron chi connectivity index (χ3n) is 4.79. The third-order valence-corrected chi connectivity index (χ3v) is 4.79. The number of carbonyl (C=O) groups excluding carboxylic acids is 2. The number of phenols is 1. The minimum absolute atomic E-state index is 0.0139. The van der Waals surface area contributed by atoms with Crippen LogP contribution in [0.4, 0.5) is 0 Å². The van der Waals surface area contributed by atoms with Gasteiger partial charge in [0.25, 0.3) is 0 Å². The molecular formula is C21H20O6. The van der Waals surface area contributed by atoms with Gasteiger partial charge in [-0.15, -0.1) is 0 Å². The van der Waals surface area contributed by atoms with E-state index in [1.165, 1.54) is 7.11 Å². The lowest BCUT2D eigenvalue weighted by molar-refractivity contribution is -0.137. The number of aryl methyl sites for hydroxylation is 1. The molecule has 6 heteroatoms. The summed E-state index contributed by atoms with van der Waals surface area (Å²) in [6.45, 7) is 0. The van der Waals surface area contributed by atoms with E-state index in [2.05, 4.69) is 0 Å². The number of carboxylic acid groups (broad SMARTS) is 1. The lowest BCUT2D eigenvalue weighted by atomic mass is 9.81. The zero-order chi connectivity index (χ0) is 19.6. The first kappa shape index (κ1) is 18.6. The number of aromatic hydroxyl groups is 1. The Morgan fingerprint density at radius 2 is 1.70 bits per heavy atom. The molecule has 1 aliphatic rings. The maximum absolute atomic E-state index is 13.0. The van der Waals surface area contributed by atoms with Gasteiger partial charge in [0.15, 0.2) is 5.78 Å². The van der Waals surface area contributed by atoms with Crippen molar-refractivity contribution in [2.24, 2.45) is 0 Å². The summed E-state index contributed by atoms with van der Waals surface area (Å²) in [5.41, 5.74) is 1.22. The molecule has 0 spiro atoms. The number of hydrogen-bond acceptors (Lipinski definition) is 5. The van der Waals surface area contributed by atoms with Crippen LogP contribution >= 0.6 is 0 Å². The van der Waals surface area contributed by atoms with E-state index in [1.807, 2.05) is 0 Å². The van der Waals surface area contributed by atoms with Gasteiger partial charge in [-0.25, -0.2) is 0 Å². The molecule has 0 aromatic heterocycles. The van der Waals surface area contributed by atoms with Crippen LogP contribution in [0, 0.1) is 0 Å². The van der Waals surface area contributed by atoms with Crippen LogP contribution < -0.4 is 4.74 Å². The Morgan fingerprint density at radius 3 is 2.41 bits per heavy atom. The van der Waals surface area contributed by atoms with Gasteiger partial charge in [0.1, 0.15) is 11.5 Å². The van der Waals surface area contributed by atoms with Crippen LogP contribution in [0.25, 0.3) is 0 Å². The van der Waals surface area contributed by atoms with Crippen molar-refractivity contribution in [2.45, 2.75) is 32.1 Å². The van der Waals surface area contributed by atoms with Crippen molar-refractivity contribution in [3.05, 3.63) is 58.1 Å². The lowest BCUT2D eigenvalue weighted by Crippen LogP contribution is -2.22. The van der Waals surface area contributed by atoms with Gasteiger partial charge in [0.05, 0.1) is 18.2 Å². The Labute approximate surface area is 156 Å². The number of aliphatic carboxylic acids is 1. The third kappa shape index (κ3) is 3.43. The summed E-state index contributed by atoms with van der Waals surface area (Å²) in [4.78, 5) is 36.3. The fourth-order valence-corrected chi connectivity index (χ4v) is 3.42. The van der Waals surface area contributed by atoms with Crippen molar-refractivity contribution >= 4 is 17.5 Å². The number of ether oxygens (including phenoxy) is 1. The molecule has 0 saturated carbocycles. The lowest BCUT2D eigenvalue weighted by Gasteiger charge is -2.21. The monoisotopic (exact) mass is 368 g/mol. The van der Waals surface area contributed by atoms with Crippen molar-refractivity contribution in [2.75, 3.05) is 7.11 Å². The van der Waals surface area contributed by atoms with E-state index >= 15 is 0 Å². The molecule has 0 fully saturated rings. The molecule has 2 N–H and O–H groups in total. The molecule has 0 amide bonds. The van der Waals surface area contributed by atoms with Gasteiger partial charge in [-0.1, -0.05) is 24.6 Å². The topological polar surface area (TPSA) is 101 Å². The highest BCUT2D eigenvalue weighted by molar-refractivity contribution is 6.30. The van der Waals surface area contributed by atoms with E-state index < -0.39 is 11.8 Å². The number of phenolic OH excluding ortho intramolecular Hbond substituents is 1. The molecule has 0 unspecified atom stereocenters. The van der Waals surface area contributed by atoms with Crippen LogP contribution in [-0.4, -0.2) is 34.9 Å². The second-order valence-electron chi connectivity index (χ2n) is 6.49. The molecule has 6 nitrogen and oxygen atoms in total. The number of ketones is 2. The highest BCUT2D eigenvalue weighted by Crippen LogP contribution is 2.38. The first-order chi connectivity index (χ1) is 13.0. The zero-order valence-electron chi connectivity index (χ0n) is 14.9. The summed E-state index contributed by atoms with van der Waals surface area (Å²) in [5.74, 6) is -1.46. The summed E-state index contributed by atoms with van der Waals surface area (Å²) in [6.07, 6.45) is 2.55. The average Bonchev–Trinajstić information content (AvgIpc) is 2.65. The van der Waals surface area contributed by atoms with Crippen molar-refractivity contribution in [1.29, 1.82) is 0 Å². The summed E-state index contributed by atoms with van der Waals surface area (Å²) >= 11 is 0. The molecule has 2 aromatic carbocycles. The van der Waals surface area contributed by atoms with Crippen molar-refractivity contribution in [1.82, 2.24) is 0 Å². The Balaban J connectivity index is 1.90. The first-order valence-electron chi connectivity index (χ1n) is 8.78. The van der Waals surface area contributed by atoms with E-state index in [4.69, 9.17) is 9.84 Å². The van der Waals surface area contributed by atoms with Crippen LogP contribution in [0.5, 0.6) is 11.5 Å². The number of hydrogen-bond donors (Lipinski definition) is 2. The second-order valence-corrected chi connectivity index (χ2v) is 6.49. The van der Waals surface area contributed by atoms with E-state index in [0.29, 0.717) is 37.0 Å². The molecular weight excluding hydrogens is 348 g/mol. The van der Waals surface area contributed by atoms with E-state index in [-0.39, 0.29) is 40.2 Å². The van der Waals surface area contributed by atoms with Gasteiger partial charge in [0.2, 0.25) is 5.78 Å². The number of fused-ring (bicyclic) bond motifs is 2. The smallest absolute Gasteiger partial charge is 0.303 e. The van der Waals surface area contributed by atoms with Gasteiger partial charge in [0, 0.05) is 17.5 Å². The van der Waals surface area contributed by atoms with Gasteiger partial charge < -0.3 is 14.9 Å². The SMILES string of the molecule is COc1cccc2c1C(=O)c1c(ccc(CCCCCC(=O)O)c1O)C2=O. The molecule has 2 aromatic rings. The molecule has 0 bridgehead atoms. The van der Waals surface area contributed by atoms with E-state index in [1.54, 1.807) is 30.3 Å². The van der Waals surface area contributed by atoms with Gasteiger partial charge in [-0.2, -0.15) is 0 Å². The fraction of sp³-hybridized carbons (Fsp3) is 0.286. The summed E-state index contributed by atoms with van der Waals surface area (Å²) in [6, 6.07) is 8.07. The van der Waals surface area contributed by atoms with Gasteiger partial charge in [-0.3, -0.25) is 14.4 Å². The minimum Gasteiger partial charge on any atom is -0.507 e. The maximum Gasteiger partial charge on any atom is 0.303 e. The molecule has 0 saturated heterocycles. The zero-order valence-corrected chi connectivity index (χ0v) is 14.9. The Kier molecular flexibility index (Phi) is 5.26. The van der Waals surface area contributed by atoms with Crippen LogP contribution in [0.3, 0.4) is 0 Å². The largest absolute Gasteiger partial charge is 0.507 e. The first-order valence-corrected chi connectivity index (χ1v) is 8.78. The van der Waals surface area contributed by atoms with Gasteiger partial charge >= 0.3 is 5.97 Å². The summed E-state index contributed by atoms with van der Waals surface area (Å²) in [7, 11) is 1.43. The number of unbranched alkanes of at least 4 members (excludes halogenated alkanes) is 2. The molecule has 0 aliphatic heterocycles. The fourth-order valence-electron chi connectivity index (χ4n) is 3.42. The van der Waals surface area contributed by atoms with Crippen LogP contribution in [0.2, 0.25) is 0 Å². The molecule has 3 rings (SSSR count). The van der Waals surface area contributed by atoms with Crippen LogP contribution in [-0.2, 0) is 11.2 Å². The van der Waals surface area contributed by atoms with Crippen molar-refractivity contribution in [3.8, 4) is 11.5 Å². The number of benzene rings is 2. The predicted octanol–water partition coefficient (Wildman–Crippen LogP) is 3.36. The quantitative estimate of drug-likeness (QED) is 0.620. The van der Waals surface area contributed by atoms with E-state index in [0.717, 1.165) is 0 Å². The molecule has 0 atom stereocenters. The predicted molar refractivity (Wildman–Crippen MR) is 97.8 cm³/mol. The number of rotatable bonds is 7. The number of carboxylic acids is 1. The standard InChI is InChI=1S/C21H20O6/c1-27-15-8-5-7-13-17(15)21(26)18-14(20(13)25)11-10-12(19(18)24)6-3-2-4-9-16(22)23/h5,7-8,10-11,24H,2-4,6,9H2,1H3,(H,22,23).